The van der Waals surface area contributed by atoms with Gasteiger partial charge in [-0.15, -0.1) is 10.2 Å². The molecule has 6 heteroatoms. The van der Waals surface area contributed by atoms with Gasteiger partial charge >= 0.3 is 0 Å². The number of hydrogen-bond acceptors (Lipinski definition) is 5. The van der Waals surface area contributed by atoms with Gasteiger partial charge in [-0.25, -0.2) is 0 Å². The van der Waals surface area contributed by atoms with Gasteiger partial charge in [0.05, 0.1) is 0 Å². The Hall–Kier alpha value is -1.69. The maximum atomic E-state index is 10.8. The van der Waals surface area contributed by atoms with Gasteiger partial charge in [0, 0.05) is 19.8 Å². The van der Waals surface area contributed by atoms with Crippen LogP contribution in [0.5, 0.6) is 0 Å². The Balaban J connectivity index is 1.84. The van der Waals surface area contributed by atoms with Crippen LogP contribution in [0.1, 0.15) is 23.3 Å². The van der Waals surface area contributed by atoms with Crippen LogP contribution in [0.15, 0.2) is 12.1 Å². The first-order chi connectivity index (χ1) is 8.25. The molecule has 1 aromatic rings. The van der Waals surface area contributed by atoms with Crippen molar-refractivity contribution in [1.29, 1.82) is 0 Å². The molecule has 2 heterocycles. The van der Waals surface area contributed by atoms with Gasteiger partial charge in [-0.2, -0.15) is 0 Å². The molecule has 1 amide bonds. The minimum Gasteiger partial charge on any atom is -0.381 e. The second-order valence-corrected chi connectivity index (χ2v) is 4.10. The summed E-state index contributed by atoms with van der Waals surface area (Å²) in [6.45, 7) is 2.52. The smallest absolute Gasteiger partial charge is 0.269 e. The van der Waals surface area contributed by atoms with E-state index in [0.29, 0.717) is 11.7 Å². The fraction of sp³-hybridized carbons (Fsp3) is 0.545. The number of carbonyl (C=O) groups is 1. The molecule has 0 atom stereocenters. The number of nitrogens with zero attached hydrogens (tertiary/aromatic N) is 2. The number of anilines is 1. The Morgan fingerprint density at radius 2 is 2.18 bits per heavy atom. The van der Waals surface area contributed by atoms with E-state index in [-0.39, 0.29) is 5.69 Å². The Morgan fingerprint density at radius 3 is 2.76 bits per heavy atom. The van der Waals surface area contributed by atoms with Crippen LogP contribution in [-0.2, 0) is 4.74 Å². The first-order valence-corrected chi connectivity index (χ1v) is 5.71. The molecule has 0 unspecified atom stereocenters. The summed E-state index contributed by atoms with van der Waals surface area (Å²) in [4.78, 5) is 10.8. The molecule has 1 aliphatic rings. The maximum absolute atomic E-state index is 10.8. The highest BCUT2D eigenvalue weighted by Gasteiger charge is 2.13. The van der Waals surface area contributed by atoms with E-state index in [1.54, 1.807) is 12.1 Å². The van der Waals surface area contributed by atoms with Gasteiger partial charge in [-0.3, -0.25) is 4.79 Å². The molecule has 0 saturated carbocycles. The lowest BCUT2D eigenvalue weighted by Crippen LogP contribution is -2.23. The van der Waals surface area contributed by atoms with Gasteiger partial charge < -0.3 is 15.8 Å². The quantitative estimate of drug-likeness (QED) is 0.790. The zero-order valence-electron chi connectivity index (χ0n) is 9.56. The number of carbonyl (C=O) groups excluding carboxylic acids is 1. The zero-order valence-corrected chi connectivity index (χ0v) is 9.56. The minimum atomic E-state index is -0.562. The van der Waals surface area contributed by atoms with Crippen molar-refractivity contribution in [2.75, 3.05) is 25.1 Å². The van der Waals surface area contributed by atoms with Crippen molar-refractivity contribution in [2.24, 2.45) is 11.7 Å². The lowest BCUT2D eigenvalue weighted by atomic mass is 10.0. The molecule has 0 aromatic carbocycles. The molecular formula is C11H16N4O2. The standard InChI is InChI=1S/C11H16N4O2/c12-11(16)9-1-2-10(15-14-9)13-7-8-3-5-17-6-4-8/h1-2,8H,3-7H2,(H2,12,16)(H,13,15). The predicted molar refractivity (Wildman–Crippen MR) is 62.6 cm³/mol. The topological polar surface area (TPSA) is 90.1 Å². The lowest BCUT2D eigenvalue weighted by molar-refractivity contribution is 0.0699. The Kier molecular flexibility index (Phi) is 3.87. The molecule has 0 aliphatic carbocycles. The van der Waals surface area contributed by atoms with Gasteiger partial charge in [-0.1, -0.05) is 0 Å². The fourth-order valence-corrected chi connectivity index (χ4v) is 1.76. The molecule has 3 N–H and O–H groups in total. The van der Waals surface area contributed by atoms with E-state index in [0.717, 1.165) is 32.6 Å². The first kappa shape index (κ1) is 11.8. The molecule has 2 rings (SSSR count). The average molecular weight is 236 g/mol. The summed E-state index contributed by atoms with van der Waals surface area (Å²) in [6.07, 6.45) is 2.14. The van der Waals surface area contributed by atoms with Crippen molar-refractivity contribution in [3.8, 4) is 0 Å². The number of aromatic nitrogens is 2. The maximum Gasteiger partial charge on any atom is 0.269 e. The van der Waals surface area contributed by atoms with E-state index < -0.39 is 5.91 Å². The molecule has 1 fully saturated rings. The van der Waals surface area contributed by atoms with Crippen LogP contribution in [0.2, 0.25) is 0 Å². The Bertz CT molecular complexity index is 374. The zero-order chi connectivity index (χ0) is 12.1. The van der Waals surface area contributed by atoms with E-state index in [1.165, 1.54) is 0 Å². The third kappa shape index (κ3) is 3.39. The molecule has 0 radical (unpaired) electrons. The molecular weight excluding hydrogens is 220 g/mol. The number of nitrogens with one attached hydrogen (secondary N) is 1. The second kappa shape index (κ2) is 5.58. The van der Waals surface area contributed by atoms with E-state index in [9.17, 15) is 4.79 Å². The third-order valence-electron chi connectivity index (χ3n) is 2.83. The van der Waals surface area contributed by atoms with Crippen LogP contribution >= 0.6 is 0 Å². The molecule has 0 bridgehead atoms. The van der Waals surface area contributed by atoms with Crippen molar-refractivity contribution >= 4 is 11.7 Å². The van der Waals surface area contributed by atoms with Crippen molar-refractivity contribution in [3.63, 3.8) is 0 Å². The van der Waals surface area contributed by atoms with Crippen LogP contribution < -0.4 is 11.1 Å². The minimum absolute atomic E-state index is 0.182. The van der Waals surface area contributed by atoms with Crippen molar-refractivity contribution in [3.05, 3.63) is 17.8 Å². The molecule has 1 aromatic heterocycles. The summed E-state index contributed by atoms with van der Waals surface area (Å²) in [5, 5.41) is 10.8. The predicted octanol–water partition coefficient (Wildman–Crippen LogP) is 0.414. The van der Waals surface area contributed by atoms with Gasteiger partial charge in [0.2, 0.25) is 0 Å². The number of nitrogens with two attached hydrogens (primary N) is 1. The largest absolute Gasteiger partial charge is 0.381 e. The van der Waals surface area contributed by atoms with E-state index in [1.807, 2.05) is 0 Å². The highest BCUT2D eigenvalue weighted by atomic mass is 16.5. The lowest BCUT2D eigenvalue weighted by Gasteiger charge is -2.22. The van der Waals surface area contributed by atoms with E-state index >= 15 is 0 Å². The molecule has 1 saturated heterocycles. The van der Waals surface area contributed by atoms with Crippen LogP contribution in [0.4, 0.5) is 5.82 Å². The monoisotopic (exact) mass is 236 g/mol. The SMILES string of the molecule is NC(=O)c1ccc(NCC2CCOCC2)nn1. The first-order valence-electron chi connectivity index (χ1n) is 5.71. The van der Waals surface area contributed by atoms with Crippen molar-refractivity contribution in [1.82, 2.24) is 10.2 Å². The van der Waals surface area contributed by atoms with Gasteiger partial charge in [0.25, 0.3) is 5.91 Å². The second-order valence-electron chi connectivity index (χ2n) is 4.10. The fourth-order valence-electron chi connectivity index (χ4n) is 1.76. The highest BCUT2D eigenvalue weighted by molar-refractivity contribution is 5.90. The van der Waals surface area contributed by atoms with E-state index in [2.05, 4.69) is 15.5 Å². The van der Waals surface area contributed by atoms with Gasteiger partial charge in [-0.05, 0) is 30.9 Å². The van der Waals surface area contributed by atoms with Crippen LogP contribution in [0.25, 0.3) is 0 Å². The molecule has 1 aliphatic heterocycles. The van der Waals surface area contributed by atoms with Gasteiger partial charge in [0.1, 0.15) is 5.82 Å². The Labute approximate surface area is 99.6 Å². The normalized spacial score (nSPS) is 16.7. The van der Waals surface area contributed by atoms with E-state index in [4.69, 9.17) is 10.5 Å². The summed E-state index contributed by atoms with van der Waals surface area (Å²) in [5.74, 6) is 0.719. The summed E-state index contributed by atoms with van der Waals surface area (Å²) in [6, 6.07) is 3.29. The third-order valence-corrected chi connectivity index (χ3v) is 2.83. The number of hydrogen-bond donors (Lipinski definition) is 2. The number of ether oxygens (including phenoxy) is 1. The summed E-state index contributed by atoms with van der Waals surface area (Å²) in [5.41, 5.74) is 5.26. The van der Waals surface area contributed by atoms with Crippen LogP contribution in [-0.4, -0.2) is 35.9 Å². The summed E-state index contributed by atoms with van der Waals surface area (Å²) < 4.78 is 5.29. The number of primary amides is 1. The average Bonchev–Trinajstić information content (AvgIpc) is 2.38. The molecule has 17 heavy (non-hydrogen) atoms. The highest BCUT2D eigenvalue weighted by Crippen LogP contribution is 2.15. The molecule has 6 nitrogen and oxygen atoms in total. The number of amides is 1. The van der Waals surface area contributed by atoms with Gasteiger partial charge in [0.15, 0.2) is 5.69 Å². The Morgan fingerprint density at radius 1 is 1.41 bits per heavy atom. The van der Waals surface area contributed by atoms with Crippen LogP contribution in [0.3, 0.4) is 0 Å². The van der Waals surface area contributed by atoms with Crippen LogP contribution in [0, 0.1) is 5.92 Å². The molecule has 92 valence electrons. The number of rotatable bonds is 4. The van der Waals surface area contributed by atoms with Crippen molar-refractivity contribution in [2.45, 2.75) is 12.8 Å². The van der Waals surface area contributed by atoms with Crippen molar-refractivity contribution < 1.29 is 9.53 Å². The molecule has 0 spiro atoms. The summed E-state index contributed by atoms with van der Waals surface area (Å²) >= 11 is 0. The summed E-state index contributed by atoms with van der Waals surface area (Å²) in [7, 11) is 0.